The number of carboxylic acid groups (broad SMARTS) is 1. The maximum absolute atomic E-state index is 12.1. The van der Waals surface area contributed by atoms with Gasteiger partial charge in [0.1, 0.15) is 18.2 Å². The smallest absolute Gasteiger partial charge is 0.408 e. The van der Waals surface area contributed by atoms with Crippen LogP contribution < -0.4 is 10.6 Å². The van der Waals surface area contributed by atoms with Gasteiger partial charge in [0, 0.05) is 24.9 Å². The van der Waals surface area contributed by atoms with Crippen LogP contribution in [0.4, 0.5) is 9.59 Å². The summed E-state index contributed by atoms with van der Waals surface area (Å²) >= 11 is 0. The highest BCUT2D eigenvalue weighted by atomic mass is 16.6. The Kier molecular flexibility index (Phi) is 9.72. The van der Waals surface area contributed by atoms with Crippen LogP contribution in [0.15, 0.2) is 66.7 Å². The summed E-state index contributed by atoms with van der Waals surface area (Å²) < 4.78 is 10.4. The zero-order valence-corrected chi connectivity index (χ0v) is 21.7. The molecular weight excluding hydrogens is 484 g/mol. The molecule has 3 aromatic rings. The summed E-state index contributed by atoms with van der Waals surface area (Å²) in [6.45, 7) is 5.68. The number of nitrogens with one attached hydrogen (secondary N) is 2. The maximum atomic E-state index is 12.1. The van der Waals surface area contributed by atoms with Crippen LogP contribution in [0.1, 0.15) is 43.9 Å². The van der Waals surface area contributed by atoms with Crippen molar-refractivity contribution in [2.45, 2.75) is 51.9 Å². The summed E-state index contributed by atoms with van der Waals surface area (Å²) in [6.07, 6.45) is -0.775. The van der Waals surface area contributed by atoms with Gasteiger partial charge in [-0.25, -0.2) is 14.4 Å². The second-order valence-electron chi connectivity index (χ2n) is 9.60. The van der Waals surface area contributed by atoms with E-state index in [2.05, 4.69) is 22.5 Å². The van der Waals surface area contributed by atoms with Crippen molar-refractivity contribution < 1.29 is 29.0 Å². The Morgan fingerprint density at radius 1 is 0.921 bits per heavy atom. The van der Waals surface area contributed by atoms with Crippen molar-refractivity contribution in [3.05, 3.63) is 83.4 Å². The van der Waals surface area contributed by atoms with Crippen LogP contribution in [0.2, 0.25) is 0 Å². The topological polar surface area (TPSA) is 114 Å². The molecule has 0 aliphatic carbocycles. The van der Waals surface area contributed by atoms with Crippen molar-refractivity contribution in [2.75, 3.05) is 6.54 Å². The van der Waals surface area contributed by atoms with Gasteiger partial charge in [0.05, 0.1) is 0 Å². The monoisotopic (exact) mass is 516 g/mol. The predicted octanol–water partition coefficient (Wildman–Crippen LogP) is 5.03. The van der Waals surface area contributed by atoms with E-state index >= 15 is 0 Å². The first-order chi connectivity index (χ1) is 18.1. The highest BCUT2D eigenvalue weighted by molar-refractivity contribution is 5.91. The van der Waals surface area contributed by atoms with Crippen LogP contribution in [0.3, 0.4) is 0 Å². The second-order valence-corrected chi connectivity index (χ2v) is 9.60. The van der Waals surface area contributed by atoms with E-state index < -0.39 is 29.8 Å². The highest BCUT2D eigenvalue weighted by Crippen LogP contribution is 2.24. The van der Waals surface area contributed by atoms with Gasteiger partial charge in [-0.15, -0.1) is 0 Å². The molecule has 198 valence electrons. The van der Waals surface area contributed by atoms with Crippen LogP contribution in [-0.4, -0.2) is 41.4 Å². The number of fused-ring (bicyclic) bond motifs is 1. The third kappa shape index (κ3) is 8.86. The standard InChI is InChI=1S/C30H32N2O6/c1-30(2,3)38-29(36)32-26(27(33)34)19-23-17-16-22(24-14-7-8-15-25(23)24)13-9-10-18-31-28(35)37-20-21-11-5-4-6-12-21/h4-8,11-12,14-17,26H,10,18-20H2,1-3H3,(H,31,35)(H,32,36)(H,33,34). The third-order valence-corrected chi connectivity index (χ3v) is 5.38. The normalized spacial score (nSPS) is 11.6. The van der Waals surface area contributed by atoms with E-state index in [9.17, 15) is 19.5 Å². The lowest BCUT2D eigenvalue weighted by Gasteiger charge is -2.22. The van der Waals surface area contributed by atoms with E-state index in [0.29, 0.717) is 13.0 Å². The van der Waals surface area contributed by atoms with Gasteiger partial charge in [0.15, 0.2) is 0 Å². The fraction of sp³-hybridized carbons (Fsp3) is 0.300. The Balaban J connectivity index is 1.62. The minimum atomic E-state index is -1.15. The number of alkyl carbamates (subject to hydrolysis) is 2. The van der Waals surface area contributed by atoms with Gasteiger partial charge in [-0.3, -0.25) is 0 Å². The Labute approximate surface area is 222 Å². The Morgan fingerprint density at radius 2 is 1.61 bits per heavy atom. The molecule has 0 fully saturated rings. The number of aliphatic carboxylic acids is 1. The van der Waals surface area contributed by atoms with Crippen LogP contribution in [0.5, 0.6) is 0 Å². The molecule has 0 spiro atoms. The van der Waals surface area contributed by atoms with Crippen molar-refractivity contribution in [2.24, 2.45) is 0 Å². The van der Waals surface area contributed by atoms with Crippen LogP contribution in [-0.2, 0) is 27.3 Å². The lowest BCUT2D eigenvalue weighted by molar-refractivity contribution is -0.139. The largest absolute Gasteiger partial charge is 0.480 e. The first-order valence-electron chi connectivity index (χ1n) is 12.3. The minimum Gasteiger partial charge on any atom is -0.480 e. The number of carboxylic acids is 1. The molecule has 3 N–H and O–H groups in total. The zero-order valence-electron chi connectivity index (χ0n) is 21.7. The molecule has 0 aromatic heterocycles. The first kappa shape index (κ1) is 28.1. The Morgan fingerprint density at radius 3 is 2.29 bits per heavy atom. The van der Waals surface area contributed by atoms with Gasteiger partial charge in [0.2, 0.25) is 0 Å². The fourth-order valence-electron chi connectivity index (χ4n) is 3.68. The molecule has 0 bridgehead atoms. The molecule has 0 heterocycles. The van der Waals surface area contributed by atoms with E-state index in [1.54, 1.807) is 20.8 Å². The molecule has 1 atom stereocenters. The zero-order chi connectivity index (χ0) is 27.5. The molecule has 3 rings (SSSR count). The molecule has 0 radical (unpaired) electrons. The molecule has 8 nitrogen and oxygen atoms in total. The van der Waals surface area contributed by atoms with Crippen molar-refractivity contribution in [1.29, 1.82) is 0 Å². The number of benzene rings is 3. The number of amides is 2. The van der Waals surface area contributed by atoms with Gasteiger partial charge >= 0.3 is 18.2 Å². The second kappa shape index (κ2) is 13.2. The summed E-state index contributed by atoms with van der Waals surface area (Å²) in [7, 11) is 0. The lowest BCUT2D eigenvalue weighted by atomic mass is 9.95. The van der Waals surface area contributed by atoms with Gasteiger partial charge in [-0.1, -0.05) is 72.5 Å². The number of carbonyl (C=O) groups is 3. The average Bonchev–Trinajstić information content (AvgIpc) is 2.87. The average molecular weight is 517 g/mol. The summed E-state index contributed by atoms with van der Waals surface area (Å²) in [5.41, 5.74) is 1.71. The van der Waals surface area contributed by atoms with E-state index in [1.807, 2.05) is 66.7 Å². The van der Waals surface area contributed by atoms with Crippen molar-refractivity contribution >= 4 is 28.9 Å². The predicted molar refractivity (Wildman–Crippen MR) is 145 cm³/mol. The molecule has 1 unspecified atom stereocenters. The molecule has 2 amide bonds. The molecule has 3 aromatic carbocycles. The van der Waals surface area contributed by atoms with Gasteiger partial charge in [-0.05, 0) is 48.7 Å². The summed E-state index contributed by atoms with van der Waals surface area (Å²) in [4.78, 5) is 35.9. The number of carbonyl (C=O) groups excluding carboxylic acids is 2. The molecular formula is C30H32N2O6. The maximum Gasteiger partial charge on any atom is 0.408 e. The van der Waals surface area contributed by atoms with E-state index in [1.165, 1.54) is 0 Å². The van der Waals surface area contributed by atoms with E-state index in [0.717, 1.165) is 27.5 Å². The molecule has 0 aliphatic heterocycles. The summed E-state index contributed by atoms with van der Waals surface area (Å²) in [5, 5.41) is 16.5. The molecule has 8 heteroatoms. The number of rotatable bonds is 8. The minimum absolute atomic E-state index is 0.0812. The lowest BCUT2D eigenvalue weighted by Crippen LogP contribution is -2.44. The van der Waals surface area contributed by atoms with Crippen molar-refractivity contribution in [3.8, 4) is 11.8 Å². The van der Waals surface area contributed by atoms with Crippen molar-refractivity contribution in [3.63, 3.8) is 0 Å². The number of ether oxygens (including phenoxy) is 2. The summed E-state index contributed by atoms with van der Waals surface area (Å²) in [6, 6.07) is 19.5. The van der Waals surface area contributed by atoms with Crippen molar-refractivity contribution in [1.82, 2.24) is 10.6 Å². The fourth-order valence-corrected chi connectivity index (χ4v) is 3.68. The van der Waals surface area contributed by atoms with Crippen LogP contribution in [0, 0.1) is 11.8 Å². The number of hydrogen-bond acceptors (Lipinski definition) is 5. The Bertz CT molecular complexity index is 1340. The highest BCUT2D eigenvalue weighted by Gasteiger charge is 2.25. The SMILES string of the molecule is CC(C)(C)OC(=O)NC(Cc1ccc(C#CCCNC(=O)OCc2ccccc2)c2ccccc12)C(=O)O. The van der Waals surface area contributed by atoms with Gasteiger partial charge in [0.25, 0.3) is 0 Å². The van der Waals surface area contributed by atoms with Crippen LogP contribution >= 0.6 is 0 Å². The molecule has 38 heavy (non-hydrogen) atoms. The molecule has 0 saturated carbocycles. The summed E-state index contributed by atoms with van der Waals surface area (Å²) in [5.74, 6) is 5.04. The van der Waals surface area contributed by atoms with Crippen LogP contribution in [0.25, 0.3) is 10.8 Å². The van der Waals surface area contributed by atoms with E-state index in [4.69, 9.17) is 9.47 Å². The van der Waals surface area contributed by atoms with Gasteiger partial charge in [-0.2, -0.15) is 0 Å². The van der Waals surface area contributed by atoms with Gasteiger partial charge < -0.3 is 25.2 Å². The van der Waals surface area contributed by atoms with E-state index in [-0.39, 0.29) is 13.0 Å². The molecule has 0 saturated heterocycles. The Hall–Kier alpha value is -4.51. The quantitative estimate of drug-likeness (QED) is 0.286. The number of hydrogen-bond donors (Lipinski definition) is 3. The first-order valence-corrected chi connectivity index (χ1v) is 12.3. The molecule has 0 aliphatic rings. The third-order valence-electron chi connectivity index (χ3n) is 5.38.